The molecule has 0 aliphatic heterocycles. The fourth-order valence-electron chi connectivity index (χ4n) is 2.95. The van der Waals surface area contributed by atoms with Gasteiger partial charge in [0.05, 0.1) is 0 Å². The monoisotopic (exact) mass is 190 g/mol. The molecule has 0 radical (unpaired) electrons. The summed E-state index contributed by atoms with van der Waals surface area (Å²) in [6.07, 6.45) is 11.1. The molecular formula is C14H22. The van der Waals surface area contributed by atoms with Crippen molar-refractivity contribution >= 4 is 0 Å². The van der Waals surface area contributed by atoms with Gasteiger partial charge in [-0.1, -0.05) is 51.5 Å². The molecule has 0 nitrogen and oxygen atoms in total. The maximum Gasteiger partial charge on any atom is 0.00335 e. The van der Waals surface area contributed by atoms with Gasteiger partial charge in [0.1, 0.15) is 0 Å². The molecule has 2 rings (SSSR count). The molecule has 0 spiro atoms. The van der Waals surface area contributed by atoms with Crippen molar-refractivity contribution in [2.24, 2.45) is 16.7 Å². The predicted octanol–water partition coefficient (Wildman–Crippen LogP) is 4.34. The standard InChI is InChI=1S/C14H22/c1-13(2)9-10-14(3,4)12-8-6-5-7-11(12)13/h5,7-8,11H,6,9-10H2,1-4H3. The van der Waals surface area contributed by atoms with Crippen molar-refractivity contribution in [2.75, 3.05) is 0 Å². The van der Waals surface area contributed by atoms with Crippen LogP contribution in [0.25, 0.3) is 0 Å². The van der Waals surface area contributed by atoms with Crippen molar-refractivity contribution in [3.8, 4) is 0 Å². The fourth-order valence-corrected chi connectivity index (χ4v) is 2.95. The van der Waals surface area contributed by atoms with E-state index < -0.39 is 0 Å². The normalized spacial score (nSPS) is 33.4. The summed E-state index contributed by atoms with van der Waals surface area (Å²) in [6, 6.07) is 0. The van der Waals surface area contributed by atoms with Gasteiger partial charge in [-0.25, -0.2) is 0 Å². The molecular weight excluding hydrogens is 168 g/mol. The molecule has 0 heteroatoms. The second-order valence-electron chi connectivity index (χ2n) is 6.17. The van der Waals surface area contributed by atoms with E-state index in [9.17, 15) is 0 Å². The first-order valence-electron chi connectivity index (χ1n) is 5.81. The average Bonchev–Trinajstić information content (AvgIpc) is 2.14. The molecule has 1 unspecified atom stereocenters. The van der Waals surface area contributed by atoms with Gasteiger partial charge < -0.3 is 0 Å². The first-order chi connectivity index (χ1) is 6.43. The third-order valence-corrected chi connectivity index (χ3v) is 4.16. The molecule has 0 amide bonds. The summed E-state index contributed by atoms with van der Waals surface area (Å²) < 4.78 is 0. The molecule has 0 bridgehead atoms. The third-order valence-electron chi connectivity index (χ3n) is 4.16. The van der Waals surface area contributed by atoms with Crippen molar-refractivity contribution in [3.05, 3.63) is 23.8 Å². The Morgan fingerprint density at radius 2 is 1.86 bits per heavy atom. The Kier molecular flexibility index (Phi) is 2.13. The van der Waals surface area contributed by atoms with Crippen molar-refractivity contribution in [2.45, 2.75) is 47.0 Å². The molecule has 0 aromatic rings. The Morgan fingerprint density at radius 1 is 1.14 bits per heavy atom. The number of fused-ring (bicyclic) bond motifs is 1. The molecule has 78 valence electrons. The van der Waals surface area contributed by atoms with E-state index >= 15 is 0 Å². The second-order valence-corrected chi connectivity index (χ2v) is 6.17. The molecule has 0 aromatic carbocycles. The van der Waals surface area contributed by atoms with E-state index in [1.54, 1.807) is 5.57 Å². The van der Waals surface area contributed by atoms with Gasteiger partial charge in [-0.2, -0.15) is 0 Å². The van der Waals surface area contributed by atoms with Crippen LogP contribution in [0.3, 0.4) is 0 Å². The van der Waals surface area contributed by atoms with Crippen molar-refractivity contribution < 1.29 is 0 Å². The third kappa shape index (κ3) is 1.45. The van der Waals surface area contributed by atoms with E-state index in [1.807, 2.05) is 0 Å². The molecule has 2 aliphatic rings. The molecule has 1 atom stereocenters. The lowest BCUT2D eigenvalue weighted by Crippen LogP contribution is -2.37. The quantitative estimate of drug-likeness (QED) is 0.499. The highest BCUT2D eigenvalue weighted by molar-refractivity contribution is 5.29. The van der Waals surface area contributed by atoms with Crippen LogP contribution >= 0.6 is 0 Å². The number of hydrogen-bond acceptors (Lipinski definition) is 0. The second kappa shape index (κ2) is 2.98. The molecule has 1 saturated carbocycles. The molecule has 1 fully saturated rings. The summed E-state index contributed by atoms with van der Waals surface area (Å²) in [7, 11) is 0. The van der Waals surface area contributed by atoms with Crippen molar-refractivity contribution in [3.63, 3.8) is 0 Å². The summed E-state index contributed by atoms with van der Waals surface area (Å²) in [5.74, 6) is 0.694. The van der Waals surface area contributed by atoms with E-state index in [0.29, 0.717) is 16.7 Å². The lowest BCUT2D eigenvalue weighted by Gasteiger charge is -2.48. The van der Waals surface area contributed by atoms with E-state index in [0.717, 1.165) is 6.42 Å². The van der Waals surface area contributed by atoms with E-state index in [-0.39, 0.29) is 0 Å². The molecule has 0 saturated heterocycles. The zero-order valence-corrected chi connectivity index (χ0v) is 9.93. The van der Waals surface area contributed by atoms with Crippen LogP contribution in [0.15, 0.2) is 23.8 Å². The molecule has 14 heavy (non-hydrogen) atoms. The fraction of sp³-hybridized carbons (Fsp3) is 0.714. The zero-order valence-electron chi connectivity index (χ0n) is 9.93. The van der Waals surface area contributed by atoms with Crippen LogP contribution in [-0.2, 0) is 0 Å². The molecule has 0 N–H and O–H groups in total. The zero-order chi connectivity index (χ0) is 10.4. The Balaban J connectivity index is 2.38. The highest BCUT2D eigenvalue weighted by Gasteiger charge is 2.42. The van der Waals surface area contributed by atoms with E-state index in [1.165, 1.54) is 12.8 Å². The van der Waals surface area contributed by atoms with Gasteiger partial charge >= 0.3 is 0 Å². The Labute approximate surface area is 88.1 Å². The summed E-state index contributed by atoms with van der Waals surface area (Å²) in [4.78, 5) is 0. The smallest absolute Gasteiger partial charge is 0.00335 e. The summed E-state index contributed by atoms with van der Waals surface area (Å²) in [6.45, 7) is 9.63. The summed E-state index contributed by atoms with van der Waals surface area (Å²) in [5, 5.41) is 0. The summed E-state index contributed by atoms with van der Waals surface area (Å²) in [5.41, 5.74) is 2.60. The highest BCUT2D eigenvalue weighted by atomic mass is 14.5. The van der Waals surface area contributed by atoms with Crippen molar-refractivity contribution in [1.82, 2.24) is 0 Å². The lowest BCUT2D eigenvalue weighted by molar-refractivity contribution is 0.150. The minimum atomic E-state index is 0.435. The maximum atomic E-state index is 2.46. The number of allylic oxidation sites excluding steroid dienone is 4. The molecule has 2 aliphatic carbocycles. The van der Waals surface area contributed by atoms with Crippen LogP contribution in [0.5, 0.6) is 0 Å². The SMILES string of the molecule is CC1(C)CCC(C)(C)C2C=CCC=C21. The van der Waals surface area contributed by atoms with Crippen molar-refractivity contribution in [1.29, 1.82) is 0 Å². The van der Waals surface area contributed by atoms with Gasteiger partial charge in [0, 0.05) is 5.92 Å². The van der Waals surface area contributed by atoms with E-state index in [2.05, 4.69) is 45.9 Å². The molecule has 0 heterocycles. The highest BCUT2D eigenvalue weighted by Crippen LogP contribution is 2.53. The van der Waals surface area contributed by atoms with E-state index in [4.69, 9.17) is 0 Å². The maximum absolute atomic E-state index is 2.46. The van der Waals surface area contributed by atoms with Crippen LogP contribution < -0.4 is 0 Å². The van der Waals surface area contributed by atoms with Gasteiger partial charge in [0.15, 0.2) is 0 Å². The van der Waals surface area contributed by atoms with Gasteiger partial charge in [-0.05, 0) is 30.1 Å². The largest absolute Gasteiger partial charge is 0.0841 e. The number of rotatable bonds is 0. The minimum absolute atomic E-state index is 0.435. The molecule has 0 aromatic heterocycles. The number of hydrogen-bond donors (Lipinski definition) is 0. The lowest BCUT2D eigenvalue weighted by atomic mass is 9.56. The predicted molar refractivity (Wildman–Crippen MR) is 62.1 cm³/mol. The van der Waals surface area contributed by atoms with Gasteiger partial charge in [-0.15, -0.1) is 0 Å². The van der Waals surface area contributed by atoms with Crippen LogP contribution in [0.1, 0.15) is 47.0 Å². The van der Waals surface area contributed by atoms with Crippen LogP contribution in [0.4, 0.5) is 0 Å². The Morgan fingerprint density at radius 3 is 2.50 bits per heavy atom. The first-order valence-corrected chi connectivity index (χ1v) is 5.81. The van der Waals surface area contributed by atoms with Gasteiger partial charge in [0.25, 0.3) is 0 Å². The van der Waals surface area contributed by atoms with Crippen LogP contribution in [0.2, 0.25) is 0 Å². The van der Waals surface area contributed by atoms with Crippen LogP contribution in [0, 0.1) is 16.7 Å². The van der Waals surface area contributed by atoms with Gasteiger partial charge in [-0.3, -0.25) is 0 Å². The Hall–Kier alpha value is -0.520. The minimum Gasteiger partial charge on any atom is -0.0841 e. The topological polar surface area (TPSA) is 0 Å². The Bertz CT molecular complexity index is 289. The summed E-state index contributed by atoms with van der Waals surface area (Å²) >= 11 is 0. The van der Waals surface area contributed by atoms with Gasteiger partial charge in [0.2, 0.25) is 0 Å². The average molecular weight is 190 g/mol. The first kappa shape index (κ1) is 10.0. The van der Waals surface area contributed by atoms with Crippen LogP contribution in [-0.4, -0.2) is 0 Å².